The number of piperidine rings is 1. The highest BCUT2D eigenvalue weighted by Gasteiger charge is 2.31. The fourth-order valence-electron chi connectivity index (χ4n) is 7.67. The summed E-state index contributed by atoms with van der Waals surface area (Å²) in [5.41, 5.74) is 12.9. The van der Waals surface area contributed by atoms with Gasteiger partial charge in [0.1, 0.15) is 0 Å². The molecule has 2 aromatic heterocycles. The van der Waals surface area contributed by atoms with E-state index in [9.17, 15) is 19.2 Å². The molecule has 2 amide bonds. The second kappa shape index (κ2) is 17.8. The minimum atomic E-state index is -0.122. The van der Waals surface area contributed by atoms with Gasteiger partial charge in [0, 0.05) is 75.8 Å². The van der Waals surface area contributed by atoms with Crippen molar-refractivity contribution in [1.82, 2.24) is 14.0 Å². The number of aromatic nitrogens is 2. The van der Waals surface area contributed by atoms with Gasteiger partial charge in [0.25, 0.3) is 5.91 Å². The summed E-state index contributed by atoms with van der Waals surface area (Å²) >= 11 is 0. The van der Waals surface area contributed by atoms with E-state index in [1.54, 1.807) is 55.3 Å². The molecule has 4 heterocycles. The fourth-order valence-corrected chi connectivity index (χ4v) is 7.67. The molecular weight excluding hydrogens is 733 g/mol. The Morgan fingerprint density at radius 1 is 0.810 bits per heavy atom. The Bertz CT molecular complexity index is 2340. The number of unbranched alkanes of at least 4 members (excludes halogenated alkanes) is 2. The van der Waals surface area contributed by atoms with Crippen molar-refractivity contribution in [2.45, 2.75) is 63.8 Å². The molecule has 1 atom stereocenters. The monoisotopic (exact) mass is 782 g/mol. The smallest absolute Gasteiger partial charge is 0.256 e. The molecule has 3 N–H and O–H groups in total. The van der Waals surface area contributed by atoms with Crippen LogP contribution in [-0.2, 0) is 31.7 Å². The number of carbonyl (C=O) groups excluding carboxylic acids is 4. The Kier molecular flexibility index (Phi) is 12.2. The van der Waals surface area contributed by atoms with Crippen LogP contribution in [0.15, 0.2) is 90.2 Å². The van der Waals surface area contributed by atoms with E-state index in [1.165, 1.54) is 0 Å². The lowest BCUT2D eigenvalue weighted by molar-refractivity contribution is -0.116. The van der Waals surface area contributed by atoms with Crippen molar-refractivity contribution in [3.05, 3.63) is 113 Å². The summed E-state index contributed by atoms with van der Waals surface area (Å²) < 4.78 is 15.2. The van der Waals surface area contributed by atoms with Gasteiger partial charge in [-0.25, -0.2) is 0 Å². The van der Waals surface area contributed by atoms with Crippen molar-refractivity contribution in [2.24, 2.45) is 19.1 Å². The molecule has 0 unspecified atom stereocenters. The molecule has 0 spiro atoms. The van der Waals surface area contributed by atoms with Crippen LogP contribution in [0.3, 0.4) is 0 Å². The average molecular weight is 783 g/mol. The third-order valence-corrected chi connectivity index (χ3v) is 10.9. The lowest BCUT2D eigenvalue weighted by atomic mass is 10.0. The number of nitrogens with zero attached hydrogens (tertiary/aromatic N) is 4. The largest absolute Gasteiger partial charge is 0.493 e. The number of ketones is 2. The van der Waals surface area contributed by atoms with Crippen LogP contribution < -0.4 is 20.5 Å². The number of ether oxygens (including phenoxy) is 2. The molecule has 300 valence electrons. The number of nitrogens with one attached hydrogen (secondary N) is 1. The number of nitrogens with two attached hydrogens (primary N) is 1. The van der Waals surface area contributed by atoms with E-state index >= 15 is 0 Å². The first-order valence-electron chi connectivity index (χ1n) is 19.9. The number of fused-ring (bicyclic) bond motifs is 2. The number of carbonyl (C=O) groups is 4. The highest BCUT2D eigenvalue weighted by atomic mass is 16.5. The van der Waals surface area contributed by atoms with Gasteiger partial charge in [0.05, 0.1) is 48.1 Å². The Morgan fingerprint density at radius 2 is 1.50 bits per heavy atom. The van der Waals surface area contributed by atoms with E-state index in [1.807, 2.05) is 71.4 Å². The molecule has 12 nitrogen and oxygen atoms in total. The predicted octanol–water partition coefficient (Wildman–Crippen LogP) is 7.76. The molecule has 12 heteroatoms. The number of hydrogen-bond donors (Lipinski definition) is 2. The quantitative estimate of drug-likeness (QED) is 0.0590. The van der Waals surface area contributed by atoms with Gasteiger partial charge in [0.2, 0.25) is 5.91 Å². The lowest BCUT2D eigenvalue weighted by Gasteiger charge is -2.32. The Labute approximate surface area is 338 Å². The molecule has 0 aliphatic carbocycles. The highest BCUT2D eigenvalue weighted by molar-refractivity contribution is 6.03. The van der Waals surface area contributed by atoms with Crippen LogP contribution in [0.1, 0.15) is 87.4 Å². The van der Waals surface area contributed by atoms with Crippen LogP contribution in [0.5, 0.6) is 11.5 Å². The van der Waals surface area contributed by atoms with E-state index in [0.717, 1.165) is 60.9 Å². The van der Waals surface area contributed by atoms with Crippen molar-refractivity contribution in [2.75, 3.05) is 31.3 Å². The van der Waals surface area contributed by atoms with Gasteiger partial charge in [0.15, 0.2) is 23.1 Å². The van der Waals surface area contributed by atoms with Gasteiger partial charge in [-0.1, -0.05) is 36.4 Å². The minimum Gasteiger partial charge on any atom is -0.493 e. The van der Waals surface area contributed by atoms with E-state index in [4.69, 9.17) is 15.2 Å². The van der Waals surface area contributed by atoms with Gasteiger partial charge in [-0.05, 0) is 85.5 Å². The first kappa shape index (κ1) is 39.8. The number of anilines is 2. The summed E-state index contributed by atoms with van der Waals surface area (Å²) in [5.74, 6) is 0.843. The van der Waals surface area contributed by atoms with Crippen molar-refractivity contribution < 1.29 is 28.7 Å². The molecule has 1 fully saturated rings. The van der Waals surface area contributed by atoms with Crippen LogP contribution in [0, 0.1) is 0 Å². The van der Waals surface area contributed by atoms with E-state index in [0.29, 0.717) is 65.0 Å². The van der Waals surface area contributed by atoms with Crippen molar-refractivity contribution >= 4 is 46.7 Å². The molecular formula is C46H50N6O6. The van der Waals surface area contributed by atoms with Crippen LogP contribution in [0.4, 0.5) is 17.1 Å². The van der Waals surface area contributed by atoms with Crippen LogP contribution in [0.25, 0.3) is 11.1 Å². The Morgan fingerprint density at radius 3 is 2.22 bits per heavy atom. The average Bonchev–Trinajstić information content (AvgIpc) is 3.76. The number of Topliss-reactive ketones (excluding diaryl/α,β-unsaturated/α-hetero) is 2. The first-order chi connectivity index (χ1) is 28.1. The first-order valence-corrected chi connectivity index (χ1v) is 19.9. The van der Waals surface area contributed by atoms with E-state index in [2.05, 4.69) is 10.3 Å². The zero-order valence-electron chi connectivity index (χ0n) is 33.3. The summed E-state index contributed by atoms with van der Waals surface area (Å²) in [5, 5.41) is 2.93. The third-order valence-electron chi connectivity index (χ3n) is 10.9. The molecule has 0 radical (unpaired) electrons. The van der Waals surface area contributed by atoms with Gasteiger partial charge < -0.3 is 34.6 Å². The number of nitrogen functional groups attached to an aromatic ring is 1. The highest BCUT2D eigenvalue weighted by Crippen LogP contribution is 2.38. The second-order valence-corrected chi connectivity index (χ2v) is 15.2. The Balaban J connectivity index is 0.853. The third kappa shape index (κ3) is 9.23. The summed E-state index contributed by atoms with van der Waals surface area (Å²) in [7, 11) is 5.22. The number of amides is 2. The molecule has 0 bridgehead atoms. The van der Waals surface area contributed by atoms with Crippen LogP contribution in [0.2, 0.25) is 0 Å². The maximum atomic E-state index is 13.3. The number of rotatable bonds is 16. The van der Waals surface area contributed by atoms with E-state index < -0.39 is 0 Å². The van der Waals surface area contributed by atoms with Crippen molar-refractivity contribution in [3.8, 4) is 22.6 Å². The van der Waals surface area contributed by atoms with Crippen LogP contribution in [-0.4, -0.2) is 69.9 Å². The van der Waals surface area contributed by atoms with E-state index in [-0.39, 0.29) is 42.3 Å². The fraction of sp³-hybridized carbons (Fsp3) is 0.326. The van der Waals surface area contributed by atoms with Gasteiger partial charge in [-0.15, -0.1) is 0 Å². The molecule has 2 aliphatic heterocycles. The number of aryl methyl sites for hydroxylation is 2. The summed E-state index contributed by atoms with van der Waals surface area (Å²) in [4.78, 5) is 59.0. The molecule has 7 rings (SSSR count). The maximum Gasteiger partial charge on any atom is 0.256 e. The van der Waals surface area contributed by atoms with Crippen LogP contribution >= 0.6 is 0 Å². The summed E-state index contributed by atoms with van der Waals surface area (Å²) in [6.07, 6.45) is 11.6. The SMILES string of the molecule is COc1cc2c(cc1OCCCCCC(=O)Nc1cc(C(=O)Cc3ccc(-c4cc(C(=O)Cc5ccc(N)cc5)n(C)c4)cc3)n(C)c1)N=C[C@@H]1CCCCN1C2=O. The number of methoxy groups -OCH3 is 1. The molecule has 0 saturated carbocycles. The van der Waals surface area contributed by atoms with Gasteiger partial charge >= 0.3 is 0 Å². The molecule has 2 aliphatic rings. The molecule has 58 heavy (non-hydrogen) atoms. The van der Waals surface area contributed by atoms with Crippen molar-refractivity contribution in [3.63, 3.8) is 0 Å². The minimum absolute atomic E-state index is 0.0199. The zero-order chi connectivity index (χ0) is 40.8. The summed E-state index contributed by atoms with van der Waals surface area (Å²) in [6, 6.07) is 22.2. The normalized spacial score (nSPS) is 14.7. The van der Waals surface area contributed by atoms with Crippen molar-refractivity contribution in [1.29, 1.82) is 0 Å². The topological polar surface area (TPSA) is 150 Å². The second-order valence-electron chi connectivity index (χ2n) is 15.2. The standard InChI is InChI=1S/C46H50N6O6/c1-50-28-33(23-39(50)41(53)22-31-13-17-34(47)18-14-31)32-15-11-30(12-16-32)21-42(54)40-24-35(29-51(40)2)49-45(55)10-5-4-8-20-58-44-26-38-37(25-43(44)57-3)46(56)52-19-7-6-9-36(52)27-48-38/h11-18,23-29,36H,4-10,19-22,47H2,1-3H3,(H,49,55)/t36-/m0/s1. The maximum absolute atomic E-state index is 13.3. The number of aliphatic imine (C=N–C) groups is 1. The lowest BCUT2D eigenvalue weighted by Crippen LogP contribution is -2.43. The summed E-state index contributed by atoms with van der Waals surface area (Å²) in [6.45, 7) is 1.16. The Hall–Kier alpha value is -6.43. The van der Waals surface area contributed by atoms with Gasteiger partial charge in [-0.3, -0.25) is 24.2 Å². The number of benzene rings is 3. The predicted molar refractivity (Wildman–Crippen MR) is 226 cm³/mol. The zero-order valence-corrected chi connectivity index (χ0v) is 33.3. The molecule has 3 aromatic carbocycles. The molecule has 5 aromatic rings. The number of hydrogen-bond acceptors (Lipinski definition) is 8. The van der Waals surface area contributed by atoms with Gasteiger partial charge in [-0.2, -0.15) is 0 Å². The molecule has 1 saturated heterocycles.